The molecule has 1 aliphatic rings. The zero-order valence-electron chi connectivity index (χ0n) is 14.3. The number of hydrogen-bond acceptors (Lipinski definition) is 5. The molecule has 0 bridgehead atoms. The van der Waals surface area contributed by atoms with Crippen LogP contribution in [0.15, 0.2) is 36.4 Å². The van der Waals surface area contributed by atoms with E-state index in [9.17, 15) is 18.7 Å². The number of aryl methyl sites for hydroxylation is 1. The molecule has 0 aliphatic carbocycles. The van der Waals surface area contributed by atoms with Crippen LogP contribution in [0.1, 0.15) is 23.2 Å². The molecule has 1 aliphatic heterocycles. The van der Waals surface area contributed by atoms with Crippen LogP contribution >= 0.6 is 0 Å². The lowest BCUT2D eigenvalue weighted by molar-refractivity contribution is -0.121. The number of amides is 1. The highest BCUT2D eigenvalue weighted by Gasteiger charge is 2.33. The van der Waals surface area contributed by atoms with Crippen LogP contribution in [0, 0.1) is 6.92 Å². The van der Waals surface area contributed by atoms with Gasteiger partial charge in [0, 0.05) is 18.7 Å². The van der Waals surface area contributed by atoms with Gasteiger partial charge in [0.15, 0.2) is 5.82 Å². The molecule has 2 heterocycles. The maximum absolute atomic E-state index is 12.6. The standard InChI is InChI=1S/C18H20F2N4O2/c1-11-2-7-16(23-22-11)24-9-14(15(25)10-24)21-17(26)8-12-3-5-13(6-4-12)18(19)20/h2-7,14-15,18,25H,8-10H2,1H3,(H,21,26)/t14-,15+/m0/s1. The highest BCUT2D eigenvalue weighted by molar-refractivity contribution is 5.79. The summed E-state index contributed by atoms with van der Waals surface area (Å²) in [5.41, 5.74) is 1.37. The number of aromatic nitrogens is 2. The molecule has 1 saturated heterocycles. The minimum Gasteiger partial charge on any atom is -0.389 e. The highest BCUT2D eigenvalue weighted by Crippen LogP contribution is 2.20. The summed E-state index contributed by atoms with van der Waals surface area (Å²) in [6.45, 7) is 2.62. The van der Waals surface area contributed by atoms with E-state index in [1.165, 1.54) is 24.3 Å². The summed E-state index contributed by atoms with van der Waals surface area (Å²) >= 11 is 0. The van der Waals surface area contributed by atoms with E-state index in [1.807, 2.05) is 24.0 Å². The number of alkyl halides is 2. The molecule has 1 amide bonds. The number of rotatable bonds is 5. The van der Waals surface area contributed by atoms with Crippen molar-refractivity contribution in [1.29, 1.82) is 0 Å². The first-order valence-corrected chi connectivity index (χ1v) is 8.32. The zero-order chi connectivity index (χ0) is 18.7. The van der Waals surface area contributed by atoms with Crippen molar-refractivity contribution in [3.8, 4) is 0 Å². The Kier molecular flexibility index (Phi) is 5.41. The van der Waals surface area contributed by atoms with E-state index in [1.54, 1.807) is 0 Å². The predicted octanol–water partition coefficient (Wildman–Crippen LogP) is 1.63. The monoisotopic (exact) mass is 362 g/mol. The van der Waals surface area contributed by atoms with Crippen molar-refractivity contribution in [3.05, 3.63) is 53.2 Å². The van der Waals surface area contributed by atoms with Crippen molar-refractivity contribution >= 4 is 11.7 Å². The first-order valence-electron chi connectivity index (χ1n) is 8.32. The van der Waals surface area contributed by atoms with Gasteiger partial charge in [0.05, 0.1) is 24.3 Å². The topological polar surface area (TPSA) is 78.4 Å². The summed E-state index contributed by atoms with van der Waals surface area (Å²) in [5, 5.41) is 21.1. The molecular formula is C18H20F2N4O2. The fourth-order valence-electron chi connectivity index (χ4n) is 2.90. The van der Waals surface area contributed by atoms with Gasteiger partial charge in [-0.1, -0.05) is 24.3 Å². The molecule has 1 aromatic heterocycles. The fraction of sp³-hybridized carbons (Fsp3) is 0.389. The maximum Gasteiger partial charge on any atom is 0.263 e. The average molecular weight is 362 g/mol. The molecule has 2 atom stereocenters. The number of hydrogen-bond donors (Lipinski definition) is 2. The van der Waals surface area contributed by atoms with Gasteiger partial charge in [-0.2, -0.15) is 5.10 Å². The number of aliphatic hydroxyl groups excluding tert-OH is 1. The Bertz CT molecular complexity index is 753. The van der Waals surface area contributed by atoms with E-state index < -0.39 is 18.6 Å². The lowest BCUT2D eigenvalue weighted by atomic mass is 10.1. The molecule has 1 fully saturated rings. The Balaban J connectivity index is 1.56. The summed E-state index contributed by atoms with van der Waals surface area (Å²) in [7, 11) is 0. The van der Waals surface area contributed by atoms with E-state index in [2.05, 4.69) is 15.5 Å². The van der Waals surface area contributed by atoms with Gasteiger partial charge in [-0.25, -0.2) is 8.78 Å². The molecule has 3 rings (SSSR count). The number of halogens is 2. The lowest BCUT2D eigenvalue weighted by Gasteiger charge is -2.17. The number of anilines is 1. The molecule has 138 valence electrons. The smallest absolute Gasteiger partial charge is 0.263 e. The zero-order valence-corrected chi connectivity index (χ0v) is 14.3. The van der Waals surface area contributed by atoms with Crippen molar-refractivity contribution < 1.29 is 18.7 Å². The van der Waals surface area contributed by atoms with E-state index in [-0.39, 0.29) is 17.9 Å². The molecule has 0 spiro atoms. The van der Waals surface area contributed by atoms with Gasteiger partial charge in [0.2, 0.25) is 5.91 Å². The first-order chi connectivity index (χ1) is 12.4. The summed E-state index contributed by atoms with van der Waals surface area (Å²) in [6.07, 6.45) is -3.18. The van der Waals surface area contributed by atoms with Gasteiger partial charge < -0.3 is 15.3 Å². The number of aliphatic hydroxyl groups is 1. The van der Waals surface area contributed by atoms with E-state index in [4.69, 9.17) is 0 Å². The summed E-state index contributed by atoms with van der Waals surface area (Å²) < 4.78 is 25.1. The van der Waals surface area contributed by atoms with Gasteiger partial charge in [0.25, 0.3) is 6.43 Å². The number of carbonyl (C=O) groups excluding carboxylic acids is 1. The van der Waals surface area contributed by atoms with Gasteiger partial charge in [-0.15, -0.1) is 5.10 Å². The second kappa shape index (κ2) is 7.74. The van der Waals surface area contributed by atoms with E-state index in [0.29, 0.717) is 24.5 Å². The molecule has 2 N–H and O–H groups in total. The van der Waals surface area contributed by atoms with Crippen molar-refractivity contribution in [2.24, 2.45) is 0 Å². The number of carbonyl (C=O) groups is 1. The molecular weight excluding hydrogens is 342 g/mol. The van der Waals surface area contributed by atoms with Crippen molar-refractivity contribution in [2.45, 2.75) is 31.9 Å². The van der Waals surface area contributed by atoms with E-state index in [0.717, 1.165) is 5.69 Å². The molecule has 0 saturated carbocycles. The van der Waals surface area contributed by atoms with Gasteiger partial charge in [-0.3, -0.25) is 4.79 Å². The second-order valence-electron chi connectivity index (χ2n) is 6.40. The number of β-amino-alcohol motifs (C(OH)–C–C–N with tert-alkyl or cyclic N) is 1. The van der Waals surface area contributed by atoms with Crippen LogP contribution in [0.2, 0.25) is 0 Å². The molecule has 0 radical (unpaired) electrons. The van der Waals surface area contributed by atoms with Crippen LogP contribution in [-0.2, 0) is 11.2 Å². The Hall–Kier alpha value is -2.61. The van der Waals surface area contributed by atoms with Gasteiger partial charge in [0.1, 0.15) is 0 Å². The molecule has 1 aromatic carbocycles. The molecule has 6 nitrogen and oxygen atoms in total. The van der Waals surface area contributed by atoms with Crippen LogP contribution in [-0.4, -0.2) is 46.4 Å². The molecule has 0 unspecified atom stereocenters. The summed E-state index contributed by atoms with van der Waals surface area (Å²) in [4.78, 5) is 14.1. The Labute approximate surface area is 149 Å². The van der Waals surface area contributed by atoms with Crippen molar-refractivity contribution in [3.63, 3.8) is 0 Å². The van der Waals surface area contributed by atoms with Crippen LogP contribution in [0.3, 0.4) is 0 Å². The Morgan fingerprint density at radius 1 is 1.23 bits per heavy atom. The summed E-state index contributed by atoms with van der Waals surface area (Å²) in [6, 6.07) is 8.89. The third-order valence-electron chi connectivity index (χ3n) is 4.34. The Morgan fingerprint density at radius 2 is 1.96 bits per heavy atom. The third kappa shape index (κ3) is 4.32. The maximum atomic E-state index is 12.6. The largest absolute Gasteiger partial charge is 0.389 e. The first kappa shape index (κ1) is 18.2. The normalized spacial score (nSPS) is 19.8. The second-order valence-corrected chi connectivity index (χ2v) is 6.40. The lowest BCUT2D eigenvalue weighted by Crippen LogP contribution is -2.43. The SMILES string of the molecule is Cc1ccc(N2C[C@@H](O)[C@@H](NC(=O)Cc3ccc(C(F)F)cc3)C2)nn1. The van der Waals surface area contributed by atoms with Crippen molar-refractivity contribution in [2.75, 3.05) is 18.0 Å². The quantitative estimate of drug-likeness (QED) is 0.845. The summed E-state index contributed by atoms with van der Waals surface area (Å²) in [5.74, 6) is 0.379. The minimum atomic E-state index is -2.53. The number of nitrogens with one attached hydrogen (secondary N) is 1. The van der Waals surface area contributed by atoms with Crippen LogP contribution in [0.4, 0.5) is 14.6 Å². The Morgan fingerprint density at radius 3 is 2.58 bits per heavy atom. The average Bonchev–Trinajstić information content (AvgIpc) is 2.96. The van der Waals surface area contributed by atoms with Gasteiger partial charge >= 0.3 is 0 Å². The molecule has 2 aromatic rings. The predicted molar refractivity (Wildman–Crippen MR) is 92.0 cm³/mol. The minimum absolute atomic E-state index is 0.0665. The molecule has 26 heavy (non-hydrogen) atoms. The number of benzene rings is 1. The van der Waals surface area contributed by atoms with Crippen molar-refractivity contribution in [1.82, 2.24) is 15.5 Å². The fourth-order valence-corrected chi connectivity index (χ4v) is 2.90. The number of nitrogens with zero attached hydrogens (tertiary/aromatic N) is 3. The van der Waals surface area contributed by atoms with Crippen LogP contribution in [0.5, 0.6) is 0 Å². The van der Waals surface area contributed by atoms with E-state index >= 15 is 0 Å². The van der Waals surface area contributed by atoms with Crippen LogP contribution < -0.4 is 10.2 Å². The van der Waals surface area contributed by atoms with Gasteiger partial charge in [-0.05, 0) is 24.6 Å². The van der Waals surface area contributed by atoms with Crippen LogP contribution in [0.25, 0.3) is 0 Å². The third-order valence-corrected chi connectivity index (χ3v) is 4.34. The highest BCUT2D eigenvalue weighted by atomic mass is 19.3. The molecule has 8 heteroatoms.